The van der Waals surface area contributed by atoms with Crippen molar-refractivity contribution in [3.8, 4) is 11.3 Å². The number of amides is 1. The minimum atomic E-state index is -3.55. The van der Waals surface area contributed by atoms with E-state index in [-0.39, 0.29) is 5.91 Å². The standard InChI is InChI=1S/C24H20ClN5O3S/c25-20-9-6-17(15-19(20)21-10-11-22-23(29-21)3-1-12-26-22)28-24(31)16-4-7-18(8-5-16)30-14-2-13-27-34(30,32)33/h1,3-12,15,27H,2,13-14H2,(H,28,31). The summed E-state index contributed by atoms with van der Waals surface area (Å²) in [5, 5.41) is 3.37. The minimum absolute atomic E-state index is 0.324. The molecule has 1 aliphatic rings. The van der Waals surface area contributed by atoms with Gasteiger partial charge >= 0.3 is 10.2 Å². The van der Waals surface area contributed by atoms with Gasteiger partial charge in [-0.05, 0) is 73.2 Å². The van der Waals surface area contributed by atoms with Crippen LogP contribution in [0.15, 0.2) is 72.9 Å². The highest BCUT2D eigenvalue weighted by atomic mass is 35.5. The Morgan fingerprint density at radius 2 is 1.85 bits per heavy atom. The summed E-state index contributed by atoms with van der Waals surface area (Å²) in [6.07, 6.45) is 2.42. The number of anilines is 2. The maximum absolute atomic E-state index is 12.8. The number of pyridine rings is 2. The third kappa shape index (κ3) is 4.45. The number of aromatic nitrogens is 2. The molecule has 2 aromatic heterocycles. The molecule has 1 saturated heterocycles. The first-order valence-electron chi connectivity index (χ1n) is 10.6. The molecular formula is C24H20ClN5O3S. The van der Waals surface area contributed by atoms with Crippen molar-refractivity contribution in [1.82, 2.24) is 14.7 Å². The second-order valence-electron chi connectivity index (χ2n) is 7.76. The van der Waals surface area contributed by atoms with Gasteiger partial charge in [-0.3, -0.25) is 14.1 Å². The molecule has 0 atom stereocenters. The molecule has 1 fully saturated rings. The summed E-state index contributed by atoms with van der Waals surface area (Å²) in [6.45, 7) is 0.821. The SMILES string of the molecule is O=C(Nc1ccc(Cl)c(-c2ccc3ncccc3n2)c1)c1ccc(N2CCCNS2(=O)=O)cc1. The Labute approximate surface area is 201 Å². The van der Waals surface area contributed by atoms with Crippen LogP contribution in [0, 0.1) is 0 Å². The molecule has 10 heteroatoms. The van der Waals surface area contributed by atoms with E-state index < -0.39 is 10.2 Å². The first-order valence-corrected chi connectivity index (χ1v) is 12.4. The van der Waals surface area contributed by atoms with Crippen LogP contribution in [0.5, 0.6) is 0 Å². The van der Waals surface area contributed by atoms with Gasteiger partial charge in [0.2, 0.25) is 0 Å². The monoisotopic (exact) mass is 493 g/mol. The fourth-order valence-corrected chi connectivity index (χ4v) is 5.32. The number of rotatable bonds is 4. The highest BCUT2D eigenvalue weighted by molar-refractivity contribution is 7.90. The first-order chi connectivity index (χ1) is 16.4. The number of fused-ring (bicyclic) bond motifs is 1. The first kappa shape index (κ1) is 22.3. The molecule has 1 amide bonds. The molecule has 2 aromatic carbocycles. The molecule has 8 nitrogen and oxygen atoms in total. The highest BCUT2D eigenvalue weighted by Crippen LogP contribution is 2.31. The van der Waals surface area contributed by atoms with Gasteiger partial charge in [-0.15, -0.1) is 0 Å². The summed E-state index contributed by atoms with van der Waals surface area (Å²) in [4.78, 5) is 21.7. The molecule has 0 unspecified atom stereocenters. The predicted octanol–water partition coefficient (Wildman–Crippen LogP) is 4.25. The van der Waals surface area contributed by atoms with Gasteiger partial charge in [0.05, 0.1) is 27.4 Å². The largest absolute Gasteiger partial charge is 0.322 e. The fraction of sp³-hybridized carbons (Fsp3) is 0.125. The van der Waals surface area contributed by atoms with Crippen LogP contribution in [0.1, 0.15) is 16.8 Å². The van der Waals surface area contributed by atoms with Gasteiger partial charge in [0.25, 0.3) is 5.91 Å². The number of benzene rings is 2. The van der Waals surface area contributed by atoms with Crippen LogP contribution in [0.3, 0.4) is 0 Å². The Morgan fingerprint density at radius 3 is 2.65 bits per heavy atom. The lowest BCUT2D eigenvalue weighted by atomic mass is 10.1. The molecule has 1 aliphatic heterocycles. The number of nitrogens with zero attached hydrogens (tertiary/aromatic N) is 3. The van der Waals surface area contributed by atoms with Crippen molar-refractivity contribution >= 4 is 50.1 Å². The normalized spacial score (nSPS) is 15.3. The molecule has 0 radical (unpaired) electrons. The predicted molar refractivity (Wildman–Crippen MR) is 133 cm³/mol. The van der Waals surface area contributed by atoms with Crippen LogP contribution < -0.4 is 14.3 Å². The van der Waals surface area contributed by atoms with Crippen molar-refractivity contribution in [2.45, 2.75) is 6.42 Å². The lowest BCUT2D eigenvalue weighted by Gasteiger charge is -2.28. The Bertz CT molecular complexity index is 1490. The van der Waals surface area contributed by atoms with Gasteiger partial charge < -0.3 is 5.32 Å². The van der Waals surface area contributed by atoms with Crippen molar-refractivity contribution in [1.29, 1.82) is 0 Å². The van der Waals surface area contributed by atoms with Gasteiger partial charge in [-0.25, -0.2) is 4.98 Å². The maximum Gasteiger partial charge on any atom is 0.301 e. The average molecular weight is 494 g/mol. The van der Waals surface area contributed by atoms with Crippen LogP contribution in [0.25, 0.3) is 22.3 Å². The van der Waals surface area contributed by atoms with Gasteiger partial charge in [-0.1, -0.05) is 11.6 Å². The smallest absolute Gasteiger partial charge is 0.301 e. The zero-order chi connectivity index (χ0) is 23.7. The Morgan fingerprint density at radius 1 is 1.03 bits per heavy atom. The van der Waals surface area contributed by atoms with E-state index in [0.29, 0.717) is 52.7 Å². The van der Waals surface area contributed by atoms with E-state index >= 15 is 0 Å². The van der Waals surface area contributed by atoms with Crippen molar-refractivity contribution in [3.05, 3.63) is 83.5 Å². The average Bonchev–Trinajstić information content (AvgIpc) is 2.85. The highest BCUT2D eigenvalue weighted by Gasteiger charge is 2.25. The summed E-state index contributed by atoms with van der Waals surface area (Å²) in [6, 6.07) is 19.0. The number of nitrogens with one attached hydrogen (secondary N) is 2. The van der Waals surface area contributed by atoms with E-state index in [1.807, 2.05) is 24.3 Å². The molecule has 0 saturated carbocycles. The van der Waals surface area contributed by atoms with Crippen molar-refractivity contribution < 1.29 is 13.2 Å². The molecule has 0 spiro atoms. The molecular weight excluding hydrogens is 474 g/mol. The summed E-state index contributed by atoms with van der Waals surface area (Å²) < 4.78 is 28.2. The second-order valence-corrected chi connectivity index (χ2v) is 9.85. The molecule has 172 valence electrons. The molecule has 3 heterocycles. The summed E-state index contributed by atoms with van der Waals surface area (Å²) >= 11 is 6.42. The molecule has 5 rings (SSSR count). The van der Waals surface area contributed by atoms with E-state index in [1.165, 1.54) is 4.31 Å². The van der Waals surface area contributed by atoms with Crippen molar-refractivity contribution in [3.63, 3.8) is 0 Å². The van der Waals surface area contributed by atoms with Gasteiger partial charge in [0.15, 0.2) is 0 Å². The number of hydrogen-bond donors (Lipinski definition) is 2. The van der Waals surface area contributed by atoms with E-state index in [2.05, 4.69) is 20.0 Å². The Hall–Kier alpha value is -3.53. The van der Waals surface area contributed by atoms with E-state index in [1.54, 1.807) is 48.7 Å². The number of carbonyl (C=O) groups excluding carboxylic acids is 1. The zero-order valence-corrected chi connectivity index (χ0v) is 19.5. The van der Waals surface area contributed by atoms with E-state index in [4.69, 9.17) is 11.6 Å². The van der Waals surface area contributed by atoms with E-state index in [9.17, 15) is 13.2 Å². The summed E-state index contributed by atoms with van der Waals surface area (Å²) in [7, 11) is -3.55. The topological polar surface area (TPSA) is 104 Å². The van der Waals surface area contributed by atoms with Gasteiger partial charge in [0.1, 0.15) is 0 Å². The van der Waals surface area contributed by atoms with Crippen LogP contribution in [-0.2, 0) is 10.2 Å². The van der Waals surface area contributed by atoms with Gasteiger partial charge in [0, 0.05) is 36.1 Å². The fourth-order valence-electron chi connectivity index (χ4n) is 3.78. The Kier molecular flexibility index (Phi) is 5.91. The zero-order valence-electron chi connectivity index (χ0n) is 17.9. The molecule has 2 N–H and O–H groups in total. The second kappa shape index (κ2) is 9.02. The number of hydrogen-bond acceptors (Lipinski definition) is 5. The summed E-state index contributed by atoms with van der Waals surface area (Å²) in [5.41, 5.74) is 4.35. The Balaban J connectivity index is 1.36. The molecule has 0 bridgehead atoms. The summed E-state index contributed by atoms with van der Waals surface area (Å²) in [5.74, 6) is -0.324. The lowest BCUT2D eigenvalue weighted by molar-refractivity contribution is 0.102. The molecule has 4 aromatic rings. The maximum atomic E-state index is 12.8. The van der Waals surface area contributed by atoms with E-state index in [0.717, 1.165) is 11.0 Å². The van der Waals surface area contributed by atoms with Crippen LogP contribution in [0.4, 0.5) is 11.4 Å². The molecule has 0 aliphatic carbocycles. The van der Waals surface area contributed by atoms with Crippen LogP contribution >= 0.6 is 11.6 Å². The van der Waals surface area contributed by atoms with Crippen molar-refractivity contribution in [2.75, 3.05) is 22.7 Å². The van der Waals surface area contributed by atoms with Gasteiger partial charge in [-0.2, -0.15) is 13.1 Å². The number of halogens is 1. The van der Waals surface area contributed by atoms with Crippen LogP contribution in [0.2, 0.25) is 5.02 Å². The number of carbonyl (C=O) groups is 1. The van der Waals surface area contributed by atoms with Crippen molar-refractivity contribution in [2.24, 2.45) is 0 Å². The molecule has 34 heavy (non-hydrogen) atoms. The quantitative estimate of drug-likeness (QED) is 0.442. The minimum Gasteiger partial charge on any atom is -0.322 e. The van der Waals surface area contributed by atoms with Crippen LogP contribution in [-0.4, -0.2) is 37.4 Å². The third-order valence-electron chi connectivity index (χ3n) is 5.49. The lowest BCUT2D eigenvalue weighted by Crippen LogP contribution is -2.47. The third-order valence-corrected chi connectivity index (χ3v) is 7.36.